The molecule has 1 fully saturated rings. The van der Waals surface area contributed by atoms with Gasteiger partial charge in [-0.15, -0.1) is 0 Å². The molecular weight excluding hydrogens is 362 g/mol. The van der Waals surface area contributed by atoms with Gasteiger partial charge in [-0.25, -0.2) is 8.42 Å². The first-order valence-corrected chi connectivity index (χ1v) is 11.7. The molecule has 2 rings (SSSR count). The van der Waals surface area contributed by atoms with Crippen molar-refractivity contribution in [3.63, 3.8) is 0 Å². The van der Waals surface area contributed by atoms with E-state index in [4.69, 9.17) is 0 Å². The summed E-state index contributed by atoms with van der Waals surface area (Å²) in [6.45, 7) is 8.28. The van der Waals surface area contributed by atoms with Gasteiger partial charge in [0.25, 0.3) is 0 Å². The molecule has 1 heterocycles. The van der Waals surface area contributed by atoms with Crippen molar-refractivity contribution in [1.29, 1.82) is 0 Å². The Balaban J connectivity index is 1.77. The minimum absolute atomic E-state index is 0.00899. The topological polar surface area (TPSA) is 69.7 Å². The van der Waals surface area contributed by atoms with Crippen molar-refractivity contribution in [3.05, 3.63) is 29.3 Å². The Morgan fingerprint density at radius 1 is 1.11 bits per heavy atom. The fraction of sp³-hybridized carbons (Fsp3) is 0.650. The Labute approximate surface area is 164 Å². The van der Waals surface area contributed by atoms with Crippen molar-refractivity contribution < 1.29 is 13.2 Å². The molecule has 0 aromatic heterocycles. The van der Waals surface area contributed by atoms with E-state index >= 15 is 0 Å². The number of rotatable bonds is 10. The Morgan fingerprint density at radius 3 is 2.33 bits per heavy atom. The molecule has 7 heteroatoms. The van der Waals surface area contributed by atoms with Crippen LogP contribution in [0.25, 0.3) is 0 Å². The lowest BCUT2D eigenvalue weighted by Crippen LogP contribution is -2.32. The zero-order valence-corrected chi connectivity index (χ0v) is 17.6. The number of nitrogens with one attached hydrogen (secondary N) is 1. The van der Waals surface area contributed by atoms with Crippen LogP contribution in [0.3, 0.4) is 0 Å². The molecule has 1 aliphatic rings. The minimum atomic E-state index is -3.38. The summed E-state index contributed by atoms with van der Waals surface area (Å²) in [5, 5.41) is 2.94. The lowest BCUT2D eigenvalue weighted by atomic mass is 10.1. The highest BCUT2D eigenvalue weighted by Gasteiger charge is 2.18. The van der Waals surface area contributed by atoms with Crippen molar-refractivity contribution >= 4 is 21.6 Å². The number of nitrogens with zero attached hydrogens (tertiary/aromatic N) is 2. The summed E-state index contributed by atoms with van der Waals surface area (Å²) >= 11 is 0. The first-order chi connectivity index (χ1) is 12.8. The molecule has 1 aromatic rings. The van der Waals surface area contributed by atoms with E-state index in [0.717, 1.165) is 24.1 Å². The molecule has 0 spiro atoms. The summed E-state index contributed by atoms with van der Waals surface area (Å²) in [4.78, 5) is 14.5. The van der Waals surface area contributed by atoms with Crippen molar-refractivity contribution in [1.82, 2.24) is 10.2 Å². The number of sulfonamides is 1. The third kappa shape index (κ3) is 7.50. The molecule has 6 nitrogen and oxygen atoms in total. The number of hydrogen-bond donors (Lipinski definition) is 1. The van der Waals surface area contributed by atoms with Crippen molar-refractivity contribution in [2.75, 3.05) is 43.3 Å². The maximum Gasteiger partial charge on any atom is 0.232 e. The van der Waals surface area contributed by atoms with Crippen LogP contribution in [-0.2, 0) is 14.8 Å². The Kier molecular flexibility index (Phi) is 8.10. The maximum absolute atomic E-state index is 12.2. The highest BCUT2D eigenvalue weighted by Crippen LogP contribution is 2.21. The Hall–Kier alpha value is -1.60. The summed E-state index contributed by atoms with van der Waals surface area (Å²) in [7, 11) is -3.38. The fourth-order valence-corrected chi connectivity index (χ4v) is 4.54. The lowest BCUT2D eigenvalue weighted by molar-refractivity contribution is -0.121. The molecule has 0 aliphatic carbocycles. The summed E-state index contributed by atoms with van der Waals surface area (Å²) in [5.74, 6) is -0.00899. The molecule has 0 unspecified atom stereocenters. The molecule has 152 valence electrons. The number of likely N-dealkylation sites (tertiary alicyclic amines) is 1. The normalized spacial score (nSPS) is 15.1. The van der Waals surface area contributed by atoms with E-state index in [0.29, 0.717) is 31.6 Å². The minimum Gasteiger partial charge on any atom is -0.356 e. The Morgan fingerprint density at radius 2 is 1.74 bits per heavy atom. The summed E-state index contributed by atoms with van der Waals surface area (Å²) < 4.78 is 25.8. The standard InChI is InChI=1S/C20H33N3O3S/c1-17-14-18(2)16-19(15-17)23(27(3,25)26)13-6-8-20(24)21-9-7-12-22-10-4-5-11-22/h14-16H,4-13H2,1-3H3,(H,21,24). The summed E-state index contributed by atoms with van der Waals surface area (Å²) in [6.07, 6.45) is 5.57. The quantitative estimate of drug-likeness (QED) is 0.618. The van der Waals surface area contributed by atoms with Crippen LogP contribution in [0, 0.1) is 13.8 Å². The van der Waals surface area contributed by atoms with Gasteiger partial charge in [0.1, 0.15) is 0 Å². The van der Waals surface area contributed by atoms with Gasteiger partial charge in [0.15, 0.2) is 0 Å². The highest BCUT2D eigenvalue weighted by atomic mass is 32.2. The van der Waals surface area contributed by atoms with Crippen LogP contribution < -0.4 is 9.62 Å². The second-order valence-corrected chi connectivity index (χ2v) is 9.44. The monoisotopic (exact) mass is 395 g/mol. The third-order valence-corrected chi connectivity index (χ3v) is 6.03. The molecule has 1 amide bonds. The van der Waals surface area contributed by atoms with E-state index in [-0.39, 0.29) is 5.91 Å². The van der Waals surface area contributed by atoms with E-state index in [2.05, 4.69) is 10.2 Å². The molecule has 0 saturated carbocycles. The second kappa shape index (κ2) is 10.1. The molecule has 1 aliphatic heterocycles. The largest absolute Gasteiger partial charge is 0.356 e. The van der Waals surface area contributed by atoms with E-state index in [9.17, 15) is 13.2 Å². The molecular formula is C20H33N3O3S. The van der Waals surface area contributed by atoms with Crippen LogP contribution in [0.5, 0.6) is 0 Å². The molecule has 0 radical (unpaired) electrons. The van der Waals surface area contributed by atoms with Crippen LogP contribution >= 0.6 is 0 Å². The van der Waals surface area contributed by atoms with Crippen LogP contribution in [-0.4, -0.2) is 58.2 Å². The van der Waals surface area contributed by atoms with E-state index in [1.54, 1.807) is 0 Å². The predicted molar refractivity (Wildman–Crippen MR) is 111 cm³/mol. The average molecular weight is 396 g/mol. The zero-order valence-electron chi connectivity index (χ0n) is 16.8. The number of hydrogen-bond acceptors (Lipinski definition) is 4. The number of aryl methyl sites for hydroxylation is 2. The number of benzene rings is 1. The second-order valence-electron chi connectivity index (χ2n) is 7.54. The van der Waals surface area contributed by atoms with Gasteiger partial charge in [0.05, 0.1) is 11.9 Å². The lowest BCUT2D eigenvalue weighted by Gasteiger charge is -2.23. The van der Waals surface area contributed by atoms with Gasteiger partial charge < -0.3 is 10.2 Å². The van der Waals surface area contributed by atoms with Crippen LogP contribution in [0.4, 0.5) is 5.69 Å². The first-order valence-electron chi connectivity index (χ1n) is 9.81. The zero-order chi connectivity index (χ0) is 19.9. The summed E-state index contributed by atoms with van der Waals surface area (Å²) in [5.41, 5.74) is 2.71. The molecule has 1 aromatic carbocycles. The van der Waals surface area contributed by atoms with Crippen molar-refractivity contribution in [2.24, 2.45) is 0 Å². The molecule has 0 atom stereocenters. The molecule has 0 bridgehead atoms. The van der Waals surface area contributed by atoms with Crippen molar-refractivity contribution in [2.45, 2.75) is 46.0 Å². The molecule has 27 heavy (non-hydrogen) atoms. The van der Waals surface area contributed by atoms with Gasteiger partial charge >= 0.3 is 0 Å². The van der Waals surface area contributed by atoms with Gasteiger partial charge in [0.2, 0.25) is 15.9 Å². The van der Waals surface area contributed by atoms with E-state index in [1.807, 2.05) is 32.0 Å². The maximum atomic E-state index is 12.2. The van der Waals surface area contributed by atoms with E-state index in [1.165, 1.54) is 36.5 Å². The number of carbonyl (C=O) groups is 1. The van der Waals surface area contributed by atoms with Crippen molar-refractivity contribution in [3.8, 4) is 0 Å². The highest BCUT2D eigenvalue weighted by molar-refractivity contribution is 7.92. The fourth-order valence-electron chi connectivity index (χ4n) is 3.59. The van der Waals surface area contributed by atoms with Crippen LogP contribution in [0.2, 0.25) is 0 Å². The molecule has 1 N–H and O–H groups in total. The SMILES string of the molecule is Cc1cc(C)cc(N(CCCC(=O)NCCCN2CCCC2)S(C)(=O)=O)c1. The third-order valence-electron chi connectivity index (χ3n) is 4.83. The first kappa shape index (κ1) is 21.7. The average Bonchev–Trinajstić information content (AvgIpc) is 3.07. The summed E-state index contributed by atoms with van der Waals surface area (Å²) in [6, 6.07) is 5.75. The van der Waals surface area contributed by atoms with Crippen LogP contribution in [0.1, 0.15) is 43.2 Å². The van der Waals surface area contributed by atoms with Gasteiger partial charge in [-0.1, -0.05) is 6.07 Å². The van der Waals surface area contributed by atoms with Gasteiger partial charge in [-0.3, -0.25) is 9.10 Å². The molecule has 1 saturated heterocycles. The van der Waals surface area contributed by atoms with Gasteiger partial charge in [-0.2, -0.15) is 0 Å². The number of amides is 1. The van der Waals surface area contributed by atoms with Gasteiger partial charge in [0, 0.05) is 19.5 Å². The number of carbonyl (C=O) groups excluding carboxylic acids is 1. The Bertz CT molecular complexity index is 708. The van der Waals surface area contributed by atoms with Crippen LogP contribution in [0.15, 0.2) is 18.2 Å². The number of anilines is 1. The van der Waals surface area contributed by atoms with E-state index < -0.39 is 10.0 Å². The smallest absolute Gasteiger partial charge is 0.232 e. The predicted octanol–water partition coefficient (Wildman–Crippen LogP) is 2.45. The van der Waals surface area contributed by atoms with Gasteiger partial charge in [-0.05, 0) is 82.4 Å².